The highest BCUT2D eigenvalue weighted by molar-refractivity contribution is 5.90. The van der Waals surface area contributed by atoms with Crippen LogP contribution in [0.5, 0.6) is 0 Å². The highest BCUT2D eigenvalue weighted by atomic mass is 16.4. The van der Waals surface area contributed by atoms with Gasteiger partial charge in [0.25, 0.3) is 0 Å². The van der Waals surface area contributed by atoms with E-state index in [1.807, 2.05) is 24.3 Å². The molecule has 1 heterocycles. The lowest BCUT2D eigenvalue weighted by atomic mass is 10.0. The van der Waals surface area contributed by atoms with Crippen molar-refractivity contribution in [3.05, 3.63) is 36.0 Å². The number of aromatic amines is 1. The first-order chi connectivity index (χ1) is 10.5. The average molecular weight is 302 g/mol. The molecule has 116 valence electrons. The number of H-pyrrole nitrogens is 1. The molecule has 0 aliphatic carbocycles. The summed E-state index contributed by atoms with van der Waals surface area (Å²) in [4.78, 5) is 36.8. The molecule has 0 aliphatic heterocycles. The van der Waals surface area contributed by atoms with Crippen LogP contribution in [0, 0.1) is 0 Å². The summed E-state index contributed by atoms with van der Waals surface area (Å²) in [5, 5.41) is 16.1. The Kier molecular flexibility index (Phi) is 4.77. The van der Waals surface area contributed by atoms with Crippen molar-refractivity contribution in [3.63, 3.8) is 0 Å². The van der Waals surface area contributed by atoms with E-state index in [2.05, 4.69) is 15.6 Å². The lowest BCUT2D eigenvalue weighted by Crippen LogP contribution is -2.49. The van der Waals surface area contributed by atoms with Crippen LogP contribution in [0.3, 0.4) is 0 Å². The molecule has 7 nitrogen and oxygen atoms in total. The van der Waals surface area contributed by atoms with Gasteiger partial charge < -0.3 is 25.5 Å². The summed E-state index contributed by atoms with van der Waals surface area (Å²) in [6.45, 7) is 0.705. The van der Waals surface area contributed by atoms with E-state index in [0.717, 1.165) is 16.5 Å². The van der Waals surface area contributed by atoms with E-state index in [1.54, 1.807) is 6.20 Å². The summed E-state index contributed by atoms with van der Waals surface area (Å²) in [7, 11) is 0. The molecule has 22 heavy (non-hydrogen) atoms. The summed E-state index contributed by atoms with van der Waals surface area (Å²) in [6.07, 6.45) is 2.02. The molecule has 7 heteroatoms. The van der Waals surface area contributed by atoms with Gasteiger partial charge in [-0.3, -0.25) is 9.59 Å². The van der Waals surface area contributed by atoms with Crippen LogP contribution in [0.1, 0.15) is 12.5 Å². The summed E-state index contributed by atoms with van der Waals surface area (Å²) in [6, 6.07) is 6.73. The fraction of sp³-hybridized carbons (Fsp3) is 0.267. The molecule has 1 aromatic heterocycles. The van der Waals surface area contributed by atoms with E-state index in [9.17, 15) is 19.5 Å². The van der Waals surface area contributed by atoms with Gasteiger partial charge >= 0.3 is 0 Å². The molecule has 2 aromatic rings. The molecule has 0 saturated heterocycles. The lowest BCUT2D eigenvalue weighted by Gasteiger charge is -2.17. The minimum atomic E-state index is -1.39. The van der Waals surface area contributed by atoms with E-state index in [1.165, 1.54) is 6.92 Å². The van der Waals surface area contributed by atoms with Crippen molar-refractivity contribution in [2.75, 3.05) is 6.54 Å². The number of amides is 2. The molecule has 0 bridgehead atoms. The molecule has 0 radical (unpaired) electrons. The lowest BCUT2D eigenvalue weighted by molar-refractivity contribution is -0.304. The van der Waals surface area contributed by atoms with Gasteiger partial charge in [-0.25, -0.2) is 0 Å². The zero-order valence-corrected chi connectivity index (χ0v) is 12.0. The third-order valence-electron chi connectivity index (χ3n) is 3.20. The molecular weight excluding hydrogens is 286 g/mol. The smallest absolute Gasteiger partial charge is 0.243 e. The predicted molar refractivity (Wildman–Crippen MR) is 77.6 cm³/mol. The first-order valence-electron chi connectivity index (χ1n) is 6.77. The number of fused-ring (bicyclic) bond motifs is 1. The van der Waals surface area contributed by atoms with Crippen molar-refractivity contribution in [1.29, 1.82) is 0 Å². The molecule has 3 N–H and O–H groups in total. The number of carbonyl (C=O) groups is 3. The molecule has 1 aromatic carbocycles. The molecule has 0 spiro atoms. The number of aromatic nitrogens is 1. The topological polar surface area (TPSA) is 114 Å². The number of nitrogens with one attached hydrogen (secondary N) is 3. The van der Waals surface area contributed by atoms with E-state index in [4.69, 9.17) is 0 Å². The van der Waals surface area contributed by atoms with Gasteiger partial charge in [-0.2, -0.15) is 0 Å². The van der Waals surface area contributed by atoms with E-state index in [0.29, 0.717) is 0 Å². The number of carbonyl (C=O) groups excluding carboxylic acids is 3. The van der Waals surface area contributed by atoms with Crippen LogP contribution in [0.15, 0.2) is 30.5 Å². The second-order valence-electron chi connectivity index (χ2n) is 4.91. The molecular formula is C15H16N3O4-. The maximum atomic E-state index is 12.0. The van der Waals surface area contributed by atoms with Crippen molar-refractivity contribution in [2.24, 2.45) is 0 Å². The Morgan fingerprint density at radius 2 is 2.00 bits per heavy atom. The number of hydrogen-bond donors (Lipinski definition) is 3. The highest BCUT2D eigenvalue weighted by Crippen LogP contribution is 2.19. The summed E-state index contributed by atoms with van der Waals surface area (Å²) in [5.41, 5.74) is 1.78. The molecule has 0 unspecified atom stereocenters. The van der Waals surface area contributed by atoms with E-state index in [-0.39, 0.29) is 12.3 Å². The van der Waals surface area contributed by atoms with E-state index >= 15 is 0 Å². The normalized spacial score (nSPS) is 11.9. The van der Waals surface area contributed by atoms with Gasteiger partial charge in [0.05, 0.1) is 12.5 Å². The summed E-state index contributed by atoms with van der Waals surface area (Å²) >= 11 is 0. The van der Waals surface area contributed by atoms with Crippen molar-refractivity contribution in [1.82, 2.24) is 15.6 Å². The first kappa shape index (κ1) is 15.6. The number of carboxylic acid groups (broad SMARTS) is 1. The predicted octanol–water partition coefficient (Wildman–Crippen LogP) is -0.919. The Morgan fingerprint density at radius 3 is 2.68 bits per heavy atom. The molecule has 0 fully saturated rings. The largest absolute Gasteiger partial charge is 0.548 e. The number of rotatable bonds is 6. The Hall–Kier alpha value is -2.83. The third kappa shape index (κ3) is 3.85. The molecule has 0 aliphatic rings. The monoisotopic (exact) mass is 302 g/mol. The van der Waals surface area contributed by atoms with Gasteiger partial charge in [-0.05, 0) is 11.6 Å². The minimum Gasteiger partial charge on any atom is -0.548 e. The van der Waals surface area contributed by atoms with Gasteiger partial charge in [0.15, 0.2) is 0 Å². The summed E-state index contributed by atoms with van der Waals surface area (Å²) in [5.74, 6) is -2.32. The maximum Gasteiger partial charge on any atom is 0.243 e. The van der Waals surface area contributed by atoms with Crippen LogP contribution in [-0.2, 0) is 20.8 Å². The van der Waals surface area contributed by atoms with Crippen molar-refractivity contribution >= 4 is 28.7 Å². The van der Waals surface area contributed by atoms with Crippen LogP contribution in [0.25, 0.3) is 10.9 Å². The van der Waals surface area contributed by atoms with Crippen molar-refractivity contribution in [2.45, 2.75) is 19.4 Å². The zero-order chi connectivity index (χ0) is 16.1. The standard InChI is InChI=1S/C15H17N3O4/c1-9(19)18-13(15(22)17-8-14(20)21)6-10-7-16-12-5-3-2-4-11(10)12/h2-5,7,13,16H,6,8H2,1H3,(H,17,22)(H,18,19)(H,20,21)/p-1/t13-/m1/s1. The average Bonchev–Trinajstić information content (AvgIpc) is 2.87. The third-order valence-corrected chi connectivity index (χ3v) is 3.20. The Labute approximate surface area is 126 Å². The Morgan fingerprint density at radius 1 is 1.27 bits per heavy atom. The fourth-order valence-electron chi connectivity index (χ4n) is 2.26. The molecule has 0 saturated carbocycles. The van der Waals surface area contributed by atoms with E-state index < -0.39 is 24.5 Å². The summed E-state index contributed by atoms with van der Waals surface area (Å²) < 4.78 is 0. The second kappa shape index (κ2) is 6.75. The SMILES string of the molecule is CC(=O)N[C@H](Cc1c[nH]c2ccccc12)C(=O)NCC(=O)[O-]. The fourth-order valence-corrected chi connectivity index (χ4v) is 2.26. The minimum absolute atomic E-state index is 0.252. The van der Waals surface area contributed by atoms with Gasteiger partial charge in [-0.15, -0.1) is 0 Å². The van der Waals surface area contributed by atoms with Gasteiger partial charge in [0.1, 0.15) is 6.04 Å². The molecule has 2 rings (SSSR count). The number of carboxylic acids is 1. The first-order valence-corrected chi connectivity index (χ1v) is 6.77. The van der Waals surface area contributed by atoms with Crippen LogP contribution < -0.4 is 15.7 Å². The highest BCUT2D eigenvalue weighted by Gasteiger charge is 2.21. The van der Waals surface area contributed by atoms with Gasteiger partial charge in [0.2, 0.25) is 11.8 Å². The van der Waals surface area contributed by atoms with Gasteiger partial charge in [0, 0.05) is 30.4 Å². The Balaban J connectivity index is 2.17. The van der Waals surface area contributed by atoms with Crippen LogP contribution >= 0.6 is 0 Å². The number of para-hydroxylation sites is 1. The van der Waals surface area contributed by atoms with Crippen LogP contribution in [0.2, 0.25) is 0 Å². The maximum absolute atomic E-state index is 12.0. The van der Waals surface area contributed by atoms with Crippen LogP contribution in [0.4, 0.5) is 0 Å². The van der Waals surface area contributed by atoms with Crippen molar-refractivity contribution in [3.8, 4) is 0 Å². The zero-order valence-electron chi connectivity index (χ0n) is 12.0. The van der Waals surface area contributed by atoms with Gasteiger partial charge in [-0.1, -0.05) is 18.2 Å². The number of benzene rings is 1. The number of aliphatic carboxylic acids is 1. The second-order valence-corrected chi connectivity index (χ2v) is 4.91. The van der Waals surface area contributed by atoms with Crippen LogP contribution in [-0.4, -0.2) is 35.4 Å². The molecule has 1 atom stereocenters. The molecule has 2 amide bonds. The Bertz CT molecular complexity index is 708. The van der Waals surface area contributed by atoms with Crippen molar-refractivity contribution < 1.29 is 19.5 Å². The quantitative estimate of drug-likeness (QED) is 0.640. The number of hydrogen-bond acceptors (Lipinski definition) is 4.